The number of anilines is 1. The van der Waals surface area contributed by atoms with E-state index in [1.807, 2.05) is 57.4 Å². The molecule has 0 bridgehead atoms. The van der Waals surface area contributed by atoms with Gasteiger partial charge in [0.2, 0.25) is 0 Å². The van der Waals surface area contributed by atoms with Gasteiger partial charge in [0.15, 0.2) is 5.13 Å². The zero-order valence-corrected chi connectivity index (χ0v) is 19.0. The molecule has 4 rings (SSSR count). The number of amides is 1. The molecule has 31 heavy (non-hydrogen) atoms. The van der Waals surface area contributed by atoms with Crippen LogP contribution in [0, 0.1) is 6.92 Å². The Hall–Kier alpha value is -3.04. The van der Waals surface area contributed by atoms with Crippen molar-refractivity contribution in [1.29, 1.82) is 0 Å². The van der Waals surface area contributed by atoms with Crippen molar-refractivity contribution < 1.29 is 9.53 Å². The summed E-state index contributed by atoms with van der Waals surface area (Å²) in [6.45, 7) is 3.60. The van der Waals surface area contributed by atoms with Gasteiger partial charge in [-0.15, -0.1) is 5.10 Å². The van der Waals surface area contributed by atoms with Crippen LogP contribution in [0.3, 0.4) is 0 Å². The first kappa shape index (κ1) is 21.2. The molecule has 0 radical (unpaired) electrons. The van der Waals surface area contributed by atoms with Gasteiger partial charge >= 0.3 is 0 Å². The third-order valence-electron chi connectivity index (χ3n) is 5.14. The summed E-state index contributed by atoms with van der Waals surface area (Å²) >= 11 is 1.52. The summed E-state index contributed by atoms with van der Waals surface area (Å²) in [5.74, 6) is 0.649. The fourth-order valence-corrected chi connectivity index (χ4v) is 4.59. The highest BCUT2D eigenvalue weighted by atomic mass is 32.1. The molecular formula is C22H26N6O2S. The number of carbonyl (C=O) groups is 1. The molecule has 8 nitrogen and oxygen atoms in total. The maximum absolute atomic E-state index is 13.4. The number of benzene rings is 2. The average molecular weight is 439 g/mol. The highest BCUT2D eigenvalue weighted by Crippen LogP contribution is 2.36. The summed E-state index contributed by atoms with van der Waals surface area (Å²) in [4.78, 5) is 22.1. The number of aromatic nitrogens is 4. The molecule has 0 saturated heterocycles. The van der Waals surface area contributed by atoms with Crippen LogP contribution in [0.2, 0.25) is 0 Å². The molecule has 9 heteroatoms. The molecule has 2 heterocycles. The van der Waals surface area contributed by atoms with Crippen LogP contribution in [0.25, 0.3) is 21.3 Å². The monoisotopic (exact) mass is 438 g/mol. The van der Waals surface area contributed by atoms with Crippen LogP contribution in [-0.4, -0.2) is 65.1 Å². The van der Waals surface area contributed by atoms with Crippen molar-refractivity contribution in [2.75, 3.05) is 39.2 Å². The number of carbonyl (C=O) groups excluding carboxylic acids is 1. The molecule has 0 aliphatic heterocycles. The van der Waals surface area contributed by atoms with Crippen molar-refractivity contribution in [3.63, 3.8) is 0 Å². The molecule has 4 aromatic rings. The van der Waals surface area contributed by atoms with Crippen LogP contribution < -0.4 is 9.64 Å². The van der Waals surface area contributed by atoms with Gasteiger partial charge < -0.3 is 9.64 Å². The number of hydrogen-bond donors (Lipinski definition) is 0. The Morgan fingerprint density at radius 3 is 2.74 bits per heavy atom. The van der Waals surface area contributed by atoms with Crippen molar-refractivity contribution in [2.24, 2.45) is 0 Å². The molecule has 2 aromatic heterocycles. The minimum Gasteiger partial charge on any atom is -0.494 e. The smallest absolute Gasteiger partial charge is 0.250 e. The molecule has 162 valence electrons. The maximum atomic E-state index is 13.4. The minimum absolute atomic E-state index is 0.0647. The lowest BCUT2D eigenvalue weighted by Crippen LogP contribution is -2.36. The first-order valence-electron chi connectivity index (χ1n) is 10.2. The third-order valence-corrected chi connectivity index (χ3v) is 6.35. The maximum Gasteiger partial charge on any atom is 0.250 e. The van der Waals surface area contributed by atoms with Gasteiger partial charge in [-0.05, 0) is 57.7 Å². The number of aryl methyl sites for hydroxylation is 1. The molecule has 0 atom stereocenters. The second-order valence-corrected chi connectivity index (χ2v) is 8.67. The Morgan fingerprint density at radius 2 is 1.97 bits per heavy atom. The van der Waals surface area contributed by atoms with Gasteiger partial charge in [-0.2, -0.15) is 0 Å². The molecule has 0 spiro atoms. The number of rotatable bonds is 8. The fourth-order valence-electron chi connectivity index (χ4n) is 3.50. The third kappa shape index (κ3) is 4.38. The Bertz CT molecular complexity index is 1220. The van der Waals surface area contributed by atoms with Crippen molar-refractivity contribution in [3.05, 3.63) is 42.0 Å². The summed E-state index contributed by atoms with van der Waals surface area (Å²) in [5.41, 5.74) is 3.52. The van der Waals surface area contributed by atoms with Gasteiger partial charge in [0, 0.05) is 6.54 Å². The number of hydrogen-bond acceptors (Lipinski definition) is 7. The molecular weight excluding hydrogens is 412 g/mol. The minimum atomic E-state index is -0.0647. The average Bonchev–Trinajstić information content (AvgIpc) is 3.37. The first-order chi connectivity index (χ1) is 15.0. The molecule has 2 aromatic carbocycles. The highest BCUT2D eigenvalue weighted by molar-refractivity contribution is 7.22. The standard InChI is InChI=1S/C22H26N6O2S/c1-15-10-11-18(30-4)20-21(15)31-22(23-20)27(13-7-12-26(2)3)19(29)14-28-17-9-6-5-8-16(17)24-25-28/h5-6,8-11H,7,12-14H2,1-4H3. The summed E-state index contributed by atoms with van der Waals surface area (Å²) < 4.78 is 8.18. The van der Waals surface area contributed by atoms with Gasteiger partial charge in [-0.3, -0.25) is 9.69 Å². The fraction of sp³-hybridized carbons (Fsp3) is 0.364. The molecule has 0 N–H and O–H groups in total. The number of ether oxygens (including phenoxy) is 1. The SMILES string of the molecule is COc1ccc(C)c2sc(N(CCCN(C)C)C(=O)Cn3nnc4ccccc43)nc12. The molecule has 1 amide bonds. The van der Waals surface area contributed by atoms with Crippen molar-refractivity contribution >= 4 is 43.6 Å². The van der Waals surface area contributed by atoms with E-state index in [1.165, 1.54) is 11.3 Å². The van der Waals surface area contributed by atoms with E-state index in [4.69, 9.17) is 9.72 Å². The second kappa shape index (κ2) is 8.99. The van der Waals surface area contributed by atoms with Crippen LogP contribution in [0.4, 0.5) is 5.13 Å². The Balaban J connectivity index is 1.67. The van der Waals surface area contributed by atoms with Crippen LogP contribution in [-0.2, 0) is 11.3 Å². The molecule has 0 aliphatic rings. The quantitative estimate of drug-likeness (QED) is 0.420. The van der Waals surface area contributed by atoms with E-state index in [-0.39, 0.29) is 12.5 Å². The zero-order valence-electron chi connectivity index (χ0n) is 18.2. The normalized spacial score (nSPS) is 11.5. The predicted molar refractivity (Wildman–Crippen MR) is 124 cm³/mol. The largest absolute Gasteiger partial charge is 0.494 e. The molecule has 0 aliphatic carbocycles. The van der Waals surface area contributed by atoms with Crippen LogP contribution in [0.15, 0.2) is 36.4 Å². The van der Waals surface area contributed by atoms with Gasteiger partial charge in [-0.25, -0.2) is 9.67 Å². The second-order valence-electron chi connectivity index (χ2n) is 7.70. The lowest BCUT2D eigenvalue weighted by molar-refractivity contribution is -0.119. The molecule has 0 unspecified atom stereocenters. The van der Waals surface area contributed by atoms with E-state index in [9.17, 15) is 4.79 Å². The molecule has 0 saturated carbocycles. The lowest BCUT2D eigenvalue weighted by Gasteiger charge is -2.21. The number of thiazole rings is 1. The predicted octanol–water partition coefficient (Wildman–Crippen LogP) is 3.34. The van der Waals surface area contributed by atoms with E-state index in [0.29, 0.717) is 17.4 Å². The zero-order chi connectivity index (χ0) is 22.0. The first-order valence-corrected chi connectivity index (χ1v) is 11.0. The van der Waals surface area contributed by atoms with Gasteiger partial charge in [0.1, 0.15) is 23.3 Å². The van der Waals surface area contributed by atoms with Crippen LogP contribution in [0.5, 0.6) is 5.75 Å². The Kier molecular flexibility index (Phi) is 6.15. The summed E-state index contributed by atoms with van der Waals surface area (Å²) in [5, 5.41) is 9.02. The van der Waals surface area contributed by atoms with E-state index in [0.717, 1.165) is 39.8 Å². The highest BCUT2D eigenvalue weighted by Gasteiger charge is 2.23. The number of para-hydroxylation sites is 1. The summed E-state index contributed by atoms with van der Waals surface area (Å²) in [7, 11) is 5.69. The van der Waals surface area contributed by atoms with Crippen LogP contribution >= 0.6 is 11.3 Å². The van der Waals surface area contributed by atoms with E-state index in [1.54, 1.807) is 16.7 Å². The molecule has 0 fully saturated rings. The van der Waals surface area contributed by atoms with Crippen LogP contribution in [0.1, 0.15) is 12.0 Å². The van der Waals surface area contributed by atoms with E-state index < -0.39 is 0 Å². The number of nitrogens with zero attached hydrogens (tertiary/aromatic N) is 6. The summed E-state index contributed by atoms with van der Waals surface area (Å²) in [6.07, 6.45) is 0.836. The Morgan fingerprint density at radius 1 is 1.16 bits per heavy atom. The van der Waals surface area contributed by atoms with Crippen molar-refractivity contribution in [3.8, 4) is 5.75 Å². The number of fused-ring (bicyclic) bond motifs is 2. The van der Waals surface area contributed by atoms with Crippen molar-refractivity contribution in [1.82, 2.24) is 24.9 Å². The van der Waals surface area contributed by atoms with Crippen molar-refractivity contribution in [2.45, 2.75) is 19.9 Å². The summed E-state index contributed by atoms with van der Waals surface area (Å²) in [6, 6.07) is 11.6. The Labute approximate surface area is 185 Å². The van der Waals surface area contributed by atoms with E-state index >= 15 is 0 Å². The van der Waals surface area contributed by atoms with Gasteiger partial charge in [0.25, 0.3) is 5.91 Å². The lowest BCUT2D eigenvalue weighted by atomic mass is 10.2. The van der Waals surface area contributed by atoms with Gasteiger partial charge in [0.05, 0.1) is 17.3 Å². The van der Waals surface area contributed by atoms with Gasteiger partial charge in [-0.1, -0.05) is 34.7 Å². The number of methoxy groups -OCH3 is 1. The van der Waals surface area contributed by atoms with E-state index in [2.05, 4.69) is 15.2 Å². The topological polar surface area (TPSA) is 76.4 Å².